The molecule has 7 heteroatoms. The summed E-state index contributed by atoms with van der Waals surface area (Å²) in [5.74, 6) is 0.750. The van der Waals surface area contributed by atoms with Gasteiger partial charge in [-0.15, -0.1) is 5.10 Å². The number of nitrogens with one attached hydrogen (secondary N) is 1. The summed E-state index contributed by atoms with van der Waals surface area (Å²) in [5.41, 5.74) is 6.85. The van der Waals surface area contributed by atoms with Crippen molar-refractivity contribution in [1.29, 1.82) is 0 Å². The van der Waals surface area contributed by atoms with Crippen LogP contribution in [-0.2, 0) is 9.84 Å². The van der Waals surface area contributed by atoms with Gasteiger partial charge in [0.25, 0.3) is 0 Å². The molecular weight excluding hydrogens is 254 g/mol. The predicted molar refractivity (Wildman–Crippen MR) is 67.4 cm³/mol. The van der Waals surface area contributed by atoms with Crippen LogP contribution in [0.25, 0.3) is 0 Å². The molecule has 0 bridgehead atoms. The van der Waals surface area contributed by atoms with E-state index < -0.39 is 9.84 Å². The quantitative estimate of drug-likeness (QED) is 0.821. The Kier molecular flexibility index (Phi) is 3.00. The van der Waals surface area contributed by atoms with Gasteiger partial charge in [0, 0.05) is 18.0 Å². The summed E-state index contributed by atoms with van der Waals surface area (Å²) in [6, 6.07) is 6.03. The van der Waals surface area contributed by atoms with Crippen molar-refractivity contribution in [2.24, 2.45) is 0 Å². The Morgan fingerprint density at radius 1 is 1.33 bits per heavy atom. The van der Waals surface area contributed by atoms with Crippen LogP contribution in [0, 0.1) is 6.92 Å². The molecule has 96 valence electrons. The van der Waals surface area contributed by atoms with E-state index in [0.717, 1.165) is 11.9 Å². The number of hydrogen-bond acceptors (Lipinski definition) is 5. The number of rotatable bonds is 3. The third-order valence-corrected chi connectivity index (χ3v) is 3.42. The van der Waals surface area contributed by atoms with Crippen LogP contribution in [0.4, 0.5) is 5.69 Å². The zero-order valence-electron chi connectivity index (χ0n) is 9.97. The minimum atomic E-state index is -3.27. The van der Waals surface area contributed by atoms with E-state index in [4.69, 9.17) is 10.5 Å². The van der Waals surface area contributed by atoms with Crippen molar-refractivity contribution in [2.75, 3.05) is 12.0 Å². The fraction of sp³-hybridized carbons (Fsp3) is 0.182. The maximum Gasteiger partial charge on any atom is 0.238 e. The topological polar surface area (TPSA) is 98.1 Å². The van der Waals surface area contributed by atoms with Crippen LogP contribution in [0.2, 0.25) is 0 Å². The third kappa shape index (κ3) is 2.62. The second kappa shape index (κ2) is 4.34. The van der Waals surface area contributed by atoms with Gasteiger partial charge in [-0.3, -0.25) is 5.10 Å². The Morgan fingerprint density at radius 2 is 2.06 bits per heavy atom. The van der Waals surface area contributed by atoms with Gasteiger partial charge in [0.15, 0.2) is 15.6 Å². The lowest BCUT2D eigenvalue weighted by molar-refractivity contribution is 0.463. The largest absolute Gasteiger partial charge is 0.435 e. The van der Waals surface area contributed by atoms with Gasteiger partial charge in [-0.05, 0) is 25.1 Å². The van der Waals surface area contributed by atoms with Crippen LogP contribution in [0.5, 0.6) is 11.6 Å². The number of nitrogen functional groups attached to an aromatic ring is 1. The van der Waals surface area contributed by atoms with Gasteiger partial charge in [0.05, 0.1) is 10.6 Å². The maximum absolute atomic E-state index is 11.3. The minimum absolute atomic E-state index is 0.158. The highest BCUT2D eigenvalue weighted by atomic mass is 32.2. The van der Waals surface area contributed by atoms with Crippen molar-refractivity contribution in [3.8, 4) is 11.6 Å². The van der Waals surface area contributed by atoms with Gasteiger partial charge in [-0.2, -0.15) is 0 Å². The van der Waals surface area contributed by atoms with E-state index >= 15 is 0 Å². The molecule has 1 heterocycles. The van der Waals surface area contributed by atoms with Gasteiger partial charge in [0.2, 0.25) is 5.88 Å². The smallest absolute Gasteiger partial charge is 0.238 e. The van der Waals surface area contributed by atoms with Crippen LogP contribution in [0.1, 0.15) is 5.69 Å². The normalized spacial score (nSPS) is 11.4. The maximum atomic E-state index is 11.3. The Hall–Kier alpha value is -2.02. The number of nitrogens with zero attached hydrogens (tertiary/aromatic N) is 1. The Labute approximate surface area is 105 Å². The fourth-order valence-corrected chi connectivity index (χ4v) is 2.06. The molecule has 1 aromatic heterocycles. The standard InChI is InChI=1S/C11H13N3O3S/c1-7-5-11(14-13-7)17-10-4-3-8(6-9(10)12)18(2,15)16/h3-6H,12H2,1-2H3,(H,13,14). The molecule has 18 heavy (non-hydrogen) atoms. The molecule has 0 atom stereocenters. The lowest BCUT2D eigenvalue weighted by Gasteiger charge is -2.07. The number of ether oxygens (including phenoxy) is 1. The highest BCUT2D eigenvalue weighted by Crippen LogP contribution is 2.28. The monoisotopic (exact) mass is 267 g/mol. The zero-order valence-corrected chi connectivity index (χ0v) is 10.8. The molecule has 0 aliphatic carbocycles. The van der Waals surface area contributed by atoms with Crippen molar-refractivity contribution in [3.05, 3.63) is 30.0 Å². The van der Waals surface area contributed by atoms with Gasteiger partial charge in [-0.1, -0.05) is 0 Å². The number of nitrogens with two attached hydrogens (primary N) is 1. The van der Waals surface area contributed by atoms with Gasteiger partial charge in [-0.25, -0.2) is 8.42 Å². The highest BCUT2D eigenvalue weighted by Gasteiger charge is 2.11. The molecule has 0 unspecified atom stereocenters. The van der Waals surface area contributed by atoms with Crippen LogP contribution in [-0.4, -0.2) is 24.9 Å². The van der Waals surface area contributed by atoms with Crippen molar-refractivity contribution in [2.45, 2.75) is 11.8 Å². The first-order valence-corrected chi connectivity index (χ1v) is 7.05. The molecule has 2 rings (SSSR count). The first-order valence-electron chi connectivity index (χ1n) is 5.16. The Morgan fingerprint density at radius 3 is 2.56 bits per heavy atom. The summed E-state index contributed by atoms with van der Waals surface area (Å²) >= 11 is 0. The molecule has 0 spiro atoms. The number of H-pyrrole nitrogens is 1. The summed E-state index contributed by atoms with van der Waals surface area (Å²) in [7, 11) is -3.27. The molecule has 0 aliphatic rings. The minimum Gasteiger partial charge on any atom is -0.435 e. The van der Waals surface area contributed by atoms with Crippen LogP contribution in [0.15, 0.2) is 29.2 Å². The molecule has 2 aromatic rings. The van der Waals surface area contributed by atoms with E-state index in [1.165, 1.54) is 18.2 Å². The molecule has 0 saturated heterocycles. The number of aromatic nitrogens is 2. The number of hydrogen-bond donors (Lipinski definition) is 2. The third-order valence-electron chi connectivity index (χ3n) is 2.31. The molecule has 0 fully saturated rings. The van der Waals surface area contributed by atoms with E-state index in [9.17, 15) is 8.42 Å². The average Bonchev–Trinajstić information content (AvgIpc) is 2.65. The number of anilines is 1. The molecule has 3 N–H and O–H groups in total. The predicted octanol–water partition coefficient (Wildman–Crippen LogP) is 1.50. The van der Waals surface area contributed by atoms with Crippen molar-refractivity contribution in [3.63, 3.8) is 0 Å². The van der Waals surface area contributed by atoms with E-state index in [2.05, 4.69) is 10.2 Å². The van der Waals surface area contributed by atoms with Gasteiger partial charge in [0.1, 0.15) is 0 Å². The molecule has 0 saturated carbocycles. The number of aryl methyl sites for hydroxylation is 1. The summed E-state index contributed by atoms with van der Waals surface area (Å²) < 4.78 is 28.1. The number of sulfone groups is 1. The molecule has 0 radical (unpaired) electrons. The van der Waals surface area contributed by atoms with E-state index in [1.807, 2.05) is 6.92 Å². The van der Waals surface area contributed by atoms with Crippen LogP contribution < -0.4 is 10.5 Å². The Balaban J connectivity index is 2.31. The molecular formula is C11H13N3O3S. The van der Waals surface area contributed by atoms with Gasteiger partial charge < -0.3 is 10.5 Å². The van der Waals surface area contributed by atoms with Crippen molar-refractivity contribution < 1.29 is 13.2 Å². The lowest BCUT2D eigenvalue weighted by atomic mass is 10.3. The van der Waals surface area contributed by atoms with E-state index in [0.29, 0.717) is 11.6 Å². The summed E-state index contributed by atoms with van der Waals surface area (Å²) in [5, 5.41) is 6.63. The average molecular weight is 267 g/mol. The second-order valence-corrected chi connectivity index (χ2v) is 5.98. The number of benzene rings is 1. The SMILES string of the molecule is Cc1cc(Oc2ccc(S(C)(=O)=O)cc2N)n[nH]1. The molecule has 0 aliphatic heterocycles. The van der Waals surface area contributed by atoms with E-state index in [1.54, 1.807) is 6.07 Å². The Bertz CT molecular complexity index is 677. The highest BCUT2D eigenvalue weighted by molar-refractivity contribution is 7.90. The molecule has 1 aromatic carbocycles. The van der Waals surface area contributed by atoms with Crippen LogP contribution in [0.3, 0.4) is 0 Å². The summed E-state index contributed by atoms with van der Waals surface area (Å²) in [6.45, 7) is 1.84. The summed E-state index contributed by atoms with van der Waals surface area (Å²) in [4.78, 5) is 0.158. The second-order valence-electron chi connectivity index (χ2n) is 3.96. The zero-order chi connectivity index (χ0) is 13.3. The first kappa shape index (κ1) is 12.4. The van der Waals surface area contributed by atoms with Crippen LogP contribution >= 0.6 is 0 Å². The number of aromatic amines is 1. The fourth-order valence-electron chi connectivity index (χ4n) is 1.41. The molecule has 0 amide bonds. The lowest BCUT2D eigenvalue weighted by Crippen LogP contribution is -1.99. The molecule has 6 nitrogen and oxygen atoms in total. The van der Waals surface area contributed by atoms with Gasteiger partial charge >= 0.3 is 0 Å². The van der Waals surface area contributed by atoms with E-state index in [-0.39, 0.29) is 10.6 Å². The first-order chi connectivity index (χ1) is 8.36. The van der Waals surface area contributed by atoms with Crippen molar-refractivity contribution >= 4 is 15.5 Å². The summed E-state index contributed by atoms with van der Waals surface area (Å²) in [6.07, 6.45) is 1.12. The van der Waals surface area contributed by atoms with Crippen molar-refractivity contribution in [1.82, 2.24) is 10.2 Å².